The van der Waals surface area contributed by atoms with Crippen molar-refractivity contribution in [2.75, 3.05) is 5.73 Å². The fourth-order valence-electron chi connectivity index (χ4n) is 1.20. The maximum Gasteiger partial charge on any atom is 0.0804 e. The van der Waals surface area contributed by atoms with Crippen LogP contribution in [-0.2, 0) is 0 Å². The van der Waals surface area contributed by atoms with Crippen LogP contribution in [0.5, 0.6) is 0 Å². The lowest BCUT2D eigenvalue weighted by Gasteiger charge is -2.04. The molecule has 0 fully saturated rings. The topological polar surface area (TPSA) is 54.7 Å². The molecule has 1 aromatic carbocycles. The highest BCUT2D eigenvalue weighted by Gasteiger charge is 2.09. The summed E-state index contributed by atoms with van der Waals surface area (Å²) < 4.78 is 1.80. The molecule has 0 saturated carbocycles. The van der Waals surface area contributed by atoms with E-state index in [1.165, 1.54) is 0 Å². The molecule has 1 heterocycles. The number of nitrogens with one attached hydrogen (secondary N) is 1. The van der Waals surface area contributed by atoms with Gasteiger partial charge in [-0.3, -0.25) is 5.10 Å². The molecule has 3 nitrogen and oxygen atoms in total. The van der Waals surface area contributed by atoms with Crippen molar-refractivity contribution in [2.45, 2.75) is 0 Å². The Morgan fingerprint density at radius 2 is 2.07 bits per heavy atom. The minimum atomic E-state index is 0.712. The fraction of sp³-hybridized carbons (Fsp3) is 0. The minimum absolute atomic E-state index is 0.712. The SMILES string of the molecule is Nc1cccc(-c2[nH]ncc2Br)c1Br. The molecule has 0 spiro atoms. The van der Waals surface area contributed by atoms with E-state index in [-0.39, 0.29) is 0 Å². The molecular weight excluding hydrogens is 310 g/mol. The van der Waals surface area contributed by atoms with Gasteiger partial charge in [0.05, 0.1) is 16.4 Å². The molecule has 0 unspecified atom stereocenters. The summed E-state index contributed by atoms with van der Waals surface area (Å²) in [4.78, 5) is 0. The summed E-state index contributed by atoms with van der Waals surface area (Å²) in [5.74, 6) is 0. The lowest BCUT2D eigenvalue weighted by Crippen LogP contribution is -1.89. The predicted molar refractivity (Wildman–Crippen MR) is 63.8 cm³/mol. The van der Waals surface area contributed by atoms with Gasteiger partial charge in [-0.1, -0.05) is 12.1 Å². The van der Waals surface area contributed by atoms with Crippen LogP contribution in [0.25, 0.3) is 11.3 Å². The number of aromatic amines is 1. The predicted octanol–water partition coefficient (Wildman–Crippen LogP) is 3.18. The van der Waals surface area contributed by atoms with Gasteiger partial charge in [0.1, 0.15) is 0 Å². The van der Waals surface area contributed by atoms with Crippen LogP contribution in [-0.4, -0.2) is 10.2 Å². The zero-order chi connectivity index (χ0) is 10.1. The van der Waals surface area contributed by atoms with Crippen LogP contribution in [0.15, 0.2) is 33.3 Å². The Morgan fingerprint density at radius 1 is 1.29 bits per heavy atom. The molecule has 0 aliphatic heterocycles. The fourth-order valence-corrected chi connectivity index (χ4v) is 2.07. The average molecular weight is 317 g/mol. The van der Waals surface area contributed by atoms with Gasteiger partial charge in [-0.25, -0.2) is 0 Å². The number of hydrogen-bond donors (Lipinski definition) is 2. The number of nitrogen functional groups attached to an aromatic ring is 1. The molecule has 2 rings (SSSR count). The second kappa shape index (κ2) is 3.74. The Bertz CT molecular complexity index is 465. The van der Waals surface area contributed by atoms with Crippen molar-refractivity contribution in [1.29, 1.82) is 0 Å². The number of rotatable bonds is 1. The third-order valence-corrected chi connectivity index (χ3v) is 3.38. The Morgan fingerprint density at radius 3 is 2.71 bits per heavy atom. The van der Waals surface area contributed by atoms with E-state index in [2.05, 4.69) is 42.1 Å². The van der Waals surface area contributed by atoms with E-state index in [1.807, 2.05) is 18.2 Å². The first kappa shape index (κ1) is 9.73. The van der Waals surface area contributed by atoms with E-state index < -0.39 is 0 Å². The maximum absolute atomic E-state index is 5.78. The third-order valence-electron chi connectivity index (χ3n) is 1.89. The molecule has 0 radical (unpaired) electrons. The Kier molecular flexibility index (Phi) is 2.60. The molecule has 1 aromatic heterocycles. The van der Waals surface area contributed by atoms with E-state index in [1.54, 1.807) is 6.20 Å². The van der Waals surface area contributed by atoms with Crippen molar-refractivity contribution in [3.63, 3.8) is 0 Å². The van der Waals surface area contributed by atoms with Crippen LogP contribution in [0.3, 0.4) is 0 Å². The normalized spacial score (nSPS) is 10.4. The number of nitrogens with zero attached hydrogens (tertiary/aromatic N) is 1. The largest absolute Gasteiger partial charge is 0.398 e. The summed E-state index contributed by atoms with van der Waals surface area (Å²) in [7, 11) is 0. The van der Waals surface area contributed by atoms with Crippen molar-refractivity contribution in [2.24, 2.45) is 0 Å². The van der Waals surface area contributed by atoms with Crippen LogP contribution in [0.4, 0.5) is 5.69 Å². The number of nitrogens with two attached hydrogens (primary N) is 1. The quantitative estimate of drug-likeness (QED) is 0.794. The molecule has 0 aliphatic rings. The Hall–Kier alpha value is -0.810. The molecule has 0 saturated heterocycles. The first-order valence-electron chi connectivity index (χ1n) is 3.93. The highest BCUT2D eigenvalue weighted by atomic mass is 79.9. The average Bonchev–Trinajstić information content (AvgIpc) is 2.57. The number of benzene rings is 1. The molecule has 0 atom stereocenters. The zero-order valence-corrected chi connectivity index (χ0v) is 10.3. The van der Waals surface area contributed by atoms with E-state index in [0.29, 0.717) is 5.69 Å². The van der Waals surface area contributed by atoms with E-state index in [0.717, 1.165) is 20.2 Å². The molecule has 72 valence electrons. The van der Waals surface area contributed by atoms with Gasteiger partial charge < -0.3 is 5.73 Å². The molecule has 14 heavy (non-hydrogen) atoms. The number of hydrogen-bond acceptors (Lipinski definition) is 2. The van der Waals surface area contributed by atoms with Crippen LogP contribution < -0.4 is 5.73 Å². The van der Waals surface area contributed by atoms with Gasteiger partial charge in [0.25, 0.3) is 0 Å². The summed E-state index contributed by atoms with van der Waals surface area (Å²) in [5, 5.41) is 6.84. The molecule has 3 N–H and O–H groups in total. The van der Waals surface area contributed by atoms with Crippen molar-refractivity contribution >= 4 is 37.5 Å². The summed E-state index contributed by atoms with van der Waals surface area (Å²) in [6.45, 7) is 0. The highest BCUT2D eigenvalue weighted by molar-refractivity contribution is 9.11. The maximum atomic E-state index is 5.78. The monoisotopic (exact) mass is 315 g/mol. The van der Waals surface area contributed by atoms with Crippen LogP contribution >= 0.6 is 31.9 Å². The van der Waals surface area contributed by atoms with Gasteiger partial charge in [0.15, 0.2) is 0 Å². The summed E-state index contributed by atoms with van der Waals surface area (Å²) in [6, 6.07) is 5.72. The second-order valence-corrected chi connectivity index (χ2v) is 4.45. The van der Waals surface area contributed by atoms with Crippen LogP contribution in [0.1, 0.15) is 0 Å². The molecule has 2 aromatic rings. The zero-order valence-electron chi connectivity index (χ0n) is 7.09. The van der Waals surface area contributed by atoms with Gasteiger partial charge in [0, 0.05) is 15.7 Å². The standard InChI is InChI=1S/C9H7Br2N3/c10-6-4-13-14-9(6)5-2-1-3-7(12)8(5)11/h1-4H,12H2,(H,13,14). The van der Waals surface area contributed by atoms with Crippen molar-refractivity contribution in [1.82, 2.24) is 10.2 Å². The first-order chi connectivity index (χ1) is 6.70. The van der Waals surface area contributed by atoms with Crippen LogP contribution in [0.2, 0.25) is 0 Å². The number of anilines is 1. The molecule has 0 bridgehead atoms. The molecule has 0 amide bonds. The summed E-state index contributed by atoms with van der Waals surface area (Å²) in [6.07, 6.45) is 1.71. The van der Waals surface area contributed by atoms with Crippen LogP contribution in [0, 0.1) is 0 Å². The van der Waals surface area contributed by atoms with Crippen molar-refractivity contribution in [3.8, 4) is 11.3 Å². The molecular formula is C9H7Br2N3. The lowest BCUT2D eigenvalue weighted by molar-refractivity contribution is 1.09. The second-order valence-electron chi connectivity index (χ2n) is 2.80. The third kappa shape index (κ3) is 1.57. The van der Waals surface area contributed by atoms with Gasteiger partial charge in [0.2, 0.25) is 0 Å². The van der Waals surface area contributed by atoms with E-state index in [4.69, 9.17) is 5.73 Å². The number of aromatic nitrogens is 2. The van der Waals surface area contributed by atoms with Gasteiger partial charge in [-0.2, -0.15) is 5.10 Å². The van der Waals surface area contributed by atoms with Crippen molar-refractivity contribution < 1.29 is 0 Å². The van der Waals surface area contributed by atoms with E-state index in [9.17, 15) is 0 Å². The molecule has 0 aliphatic carbocycles. The number of halogens is 2. The summed E-state index contributed by atoms with van der Waals surface area (Å²) >= 11 is 6.85. The van der Waals surface area contributed by atoms with Gasteiger partial charge >= 0.3 is 0 Å². The lowest BCUT2D eigenvalue weighted by atomic mass is 10.1. The first-order valence-corrected chi connectivity index (χ1v) is 5.52. The molecule has 5 heteroatoms. The highest BCUT2D eigenvalue weighted by Crippen LogP contribution is 2.34. The van der Waals surface area contributed by atoms with Gasteiger partial charge in [-0.15, -0.1) is 0 Å². The minimum Gasteiger partial charge on any atom is -0.398 e. The Labute approximate surface area is 98.0 Å². The van der Waals surface area contributed by atoms with Gasteiger partial charge in [-0.05, 0) is 37.9 Å². The Balaban J connectivity index is 2.63. The van der Waals surface area contributed by atoms with E-state index >= 15 is 0 Å². The number of H-pyrrole nitrogens is 1. The van der Waals surface area contributed by atoms with Crippen molar-refractivity contribution in [3.05, 3.63) is 33.3 Å². The smallest absolute Gasteiger partial charge is 0.0804 e. The summed E-state index contributed by atoms with van der Waals surface area (Å²) in [5.41, 5.74) is 8.41.